The lowest BCUT2D eigenvalue weighted by Gasteiger charge is -2.11. The zero-order chi connectivity index (χ0) is 20.8. The first kappa shape index (κ1) is 20.3. The number of hydrazone groups is 1. The molecule has 0 bridgehead atoms. The first-order chi connectivity index (χ1) is 14.1. The van der Waals surface area contributed by atoms with Gasteiger partial charge >= 0.3 is 0 Å². The van der Waals surface area contributed by atoms with Gasteiger partial charge in [-0.25, -0.2) is 10.4 Å². The zero-order valence-electron chi connectivity index (χ0n) is 16.6. The van der Waals surface area contributed by atoms with Gasteiger partial charge in [0.1, 0.15) is 16.5 Å². The second-order valence-corrected chi connectivity index (χ2v) is 7.14. The summed E-state index contributed by atoms with van der Waals surface area (Å²) >= 11 is 1.47. The van der Waals surface area contributed by atoms with E-state index in [9.17, 15) is 4.79 Å². The molecule has 8 heteroatoms. The Labute approximate surface area is 173 Å². The smallest absolute Gasteiger partial charge is 0.291 e. The van der Waals surface area contributed by atoms with Crippen LogP contribution in [0.5, 0.6) is 17.2 Å². The van der Waals surface area contributed by atoms with Gasteiger partial charge in [-0.2, -0.15) is 5.10 Å². The summed E-state index contributed by atoms with van der Waals surface area (Å²) < 4.78 is 15.9. The third kappa shape index (κ3) is 4.55. The summed E-state index contributed by atoms with van der Waals surface area (Å²) in [6.07, 6.45) is 1.48. The standard InChI is InChI=1S/C21H21N3O4S/c1-13-19(23-21(29-13)14-8-6-5-7-9-14)20(25)24-22-12-15-10-17(27-3)18(28-4)11-16(15)26-2/h5-12H,1-4H3,(H,24,25)/b22-12-. The Morgan fingerprint density at radius 2 is 1.69 bits per heavy atom. The first-order valence-electron chi connectivity index (χ1n) is 8.73. The normalized spacial score (nSPS) is 10.8. The molecule has 1 amide bonds. The van der Waals surface area contributed by atoms with Gasteiger partial charge in [-0.3, -0.25) is 4.79 Å². The van der Waals surface area contributed by atoms with Crippen molar-refractivity contribution in [1.29, 1.82) is 0 Å². The van der Waals surface area contributed by atoms with Crippen LogP contribution < -0.4 is 19.6 Å². The van der Waals surface area contributed by atoms with Gasteiger partial charge in [0.05, 0.1) is 27.5 Å². The zero-order valence-corrected chi connectivity index (χ0v) is 17.4. The molecule has 29 heavy (non-hydrogen) atoms. The van der Waals surface area contributed by atoms with Gasteiger partial charge in [0.2, 0.25) is 0 Å². The minimum Gasteiger partial charge on any atom is -0.496 e. The van der Waals surface area contributed by atoms with Gasteiger partial charge in [0.25, 0.3) is 5.91 Å². The molecular weight excluding hydrogens is 390 g/mol. The summed E-state index contributed by atoms with van der Waals surface area (Å²) in [6.45, 7) is 1.86. The maximum Gasteiger partial charge on any atom is 0.291 e. The van der Waals surface area contributed by atoms with E-state index in [0.29, 0.717) is 28.5 Å². The predicted octanol–water partition coefficient (Wildman–Crippen LogP) is 3.91. The highest BCUT2D eigenvalue weighted by molar-refractivity contribution is 7.15. The molecule has 0 fully saturated rings. The SMILES string of the molecule is COc1cc(OC)c(OC)cc1/C=N\NC(=O)c1nc(-c2ccccc2)sc1C. The number of nitrogens with zero attached hydrogens (tertiary/aromatic N) is 2. The summed E-state index contributed by atoms with van der Waals surface area (Å²) in [5.41, 5.74) is 4.47. The van der Waals surface area contributed by atoms with Crippen LogP contribution >= 0.6 is 11.3 Å². The van der Waals surface area contributed by atoms with Crippen LogP contribution in [0.1, 0.15) is 20.9 Å². The molecule has 0 aliphatic heterocycles. The van der Waals surface area contributed by atoms with Crippen molar-refractivity contribution >= 4 is 23.5 Å². The molecule has 0 aliphatic rings. The van der Waals surface area contributed by atoms with Crippen molar-refractivity contribution in [3.63, 3.8) is 0 Å². The molecule has 0 atom stereocenters. The summed E-state index contributed by atoms with van der Waals surface area (Å²) in [4.78, 5) is 17.8. The summed E-state index contributed by atoms with van der Waals surface area (Å²) in [7, 11) is 4.63. The molecule has 3 aromatic rings. The van der Waals surface area contributed by atoms with Crippen LogP contribution in [0, 0.1) is 6.92 Å². The van der Waals surface area contributed by atoms with E-state index < -0.39 is 0 Å². The van der Waals surface area contributed by atoms with E-state index >= 15 is 0 Å². The van der Waals surface area contributed by atoms with Crippen LogP contribution in [0.25, 0.3) is 10.6 Å². The maximum absolute atomic E-state index is 12.5. The summed E-state index contributed by atoms with van der Waals surface area (Å²) in [6, 6.07) is 13.1. The van der Waals surface area contributed by atoms with Gasteiger partial charge in [0, 0.05) is 22.1 Å². The maximum atomic E-state index is 12.5. The lowest BCUT2D eigenvalue weighted by atomic mass is 10.2. The molecule has 1 N–H and O–H groups in total. The fraction of sp³-hybridized carbons (Fsp3) is 0.190. The number of aryl methyl sites for hydroxylation is 1. The Hall–Kier alpha value is -3.39. The van der Waals surface area contributed by atoms with Crippen LogP contribution in [0.4, 0.5) is 0 Å². The lowest BCUT2D eigenvalue weighted by Crippen LogP contribution is -2.19. The molecule has 0 saturated heterocycles. The predicted molar refractivity (Wildman–Crippen MR) is 113 cm³/mol. The Morgan fingerprint density at radius 3 is 2.34 bits per heavy atom. The Kier molecular flexibility index (Phi) is 6.46. The van der Waals surface area contributed by atoms with Crippen molar-refractivity contribution in [1.82, 2.24) is 10.4 Å². The molecule has 0 unspecified atom stereocenters. The van der Waals surface area contributed by atoms with E-state index in [0.717, 1.165) is 15.4 Å². The molecule has 2 aromatic carbocycles. The third-order valence-electron chi connectivity index (χ3n) is 4.14. The van der Waals surface area contributed by atoms with Crippen LogP contribution in [-0.2, 0) is 0 Å². The summed E-state index contributed by atoms with van der Waals surface area (Å²) in [5.74, 6) is 1.23. The van der Waals surface area contributed by atoms with E-state index in [4.69, 9.17) is 14.2 Å². The fourth-order valence-electron chi connectivity index (χ4n) is 2.68. The summed E-state index contributed by atoms with van der Waals surface area (Å²) in [5, 5.41) is 4.83. The molecule has 150 valence electrons. The highest BCUT2D eigenvalue weighted by Gasteiger charge is 2.16. The number of hydrogen-bond donors (Lipinski definition) is 1. The van der Waals surface area contributed by atoms with Gasteiger partial charge in [0.15, 0.2) is 11.5 Å². The number of amides is 1. The van der Waals surface area contributed by atoms with E-state index in [1.807, 2.05) is 37.3 Å². The first-order valence-corrected chi connectivity index (χ1v) is 9.55. The van der Waals surface area contributed by atoms with Gasteiger partial charge < -0.3 is 14.2 Å². The van der Waals surface area contributed by atoms with Crippen LogP contribution in [0.2, 0.25) is 0 Å². The Bertz CT molecular complexity index is 1030. The molecule has 0 aliphatic carbocycles. The van der Waals surface area contributed by atoms with Crippen molar-refractivity contribution in [2.24, 2.45) is 5.10 Å². The average molecular weight is 411 g/mol. The van der Waals surface area contributed by atoms with E-state index in [2.05, 4.69) is 15.5 Å². The van der Waals surface area contributed by atoms with Crippen LogP contribution in [0.3, 0.4) is 0 Å². The number of methoxy groups -OCH3 is 3. The number of hydrogen-bond acceptors (Lipinski definition) is 7. The molecule has 0 radical (unpaired) electrons. The topological polar surface area (TPSA) is 82.0 Å². The van der Waals surface area contributed by atoms with Crippen molar-refractivity contribution in [3.05, 3.63) is 58.6 Å². The average Bonchev–Trinajstić information content (AvgIpc) is 3.15. The van der Waals surface area contributed by atoms with Gasteiger partial charge in [-0.05, 0) is 13.0 Å². The Balaban J connectivity index is 1.77. The van der Waals surface area contributed by atoms with E-state index in [1.165, 1.54) is 17.6 Å². The number of thiazole rings is 1. The second kappa shape index (κ2) is 9.20. The third-order valence-corrected chi connectivity index (χ3v) is 5.16. The molecule has 0 spiro atoms. The molecule has 1 aromatic heterocycles. The number of aromatic nitrogens is 1. The minimum absolute atomic E-state index is 0.352. The molecular formula is C21H21N3O4S. The quantitative estimate of drug-likeness (QED) is 0.471. The van der Waals surface area contributed by atoms with Crippen LogP contribution in [-0.4, -0.2) is 38.4 Å². The van der Waals surface area contributed by atoms with Crippen molar-refractivity contribution in [3.8, 4) is 27.8 Å². The molecule has 0 saturated carbocycles. The minimum atomic E-state index is -0.378. The van der Waals surface area contributed by atoms with Crippen molar-refractivity contribution < 1.29 is 19.0 Å². The monoisotopic (exact) mass is 411 g/mol. The van der Waals surface area contributed by atoms with Crippen LogP contribution in [0.15, 0.2) is 47.6 Å². The second-order valence-electron chi connectivity index (χ2n) is 5.94. The molecule has 3 rings (SSSR count). The van der Waals surface area contributed by atoms with Gasteiger partial charge in [-0.1, -0.05) is 30.3 Å². The highest BCUT2D eigenvalue weighted by atomic mass is 32.1. The Morgan fingerprint density at radius 1 is 1.03 bits per heavy atom. The fourth-order valence-corrected chi connectivity index (χ4v) is 3.59. The lowest BCUT2D eigenvalue weighted by molar-refractivity contribution is 0.0950. The number of nitrogens with one attached hydrogen (secondary N) is 1. The van der Waals surface area contributed by atoms with Crippen molar-refractivity contribution in [2.45, 2.75) is 6.92 Å². The molecule has 7 nitrogen and oxygen atoms in total. The number of carbonyl (C=O) groups is 1. The van der Waals surface area contributed by atoms with E-state index in [-0.39, 0.29) is 5.91 Å². The number of benzene rings is 2. The van der Waals surface area contributed by atoms with Crippen molar-refractivity contribution in [2.75, 3.05) is 21.3 Å². The number of carbonyl (C=O) groups excluding carboxylic acids is 1. The van der Waals surface area contributed by atoms with Gasteiger partial charge in [-0.15, -0.1) is 11.3 Å². The highest BCUT2D eigenvalue weighted by Crippen LogP contribution is 2.33. The van der Waals surface area contributed by atoms with E-state index in [1.54, 1.807) is 33.5 Å². The number of ether oxygens (including phenoxy) is 3. The number of rotatable bonds is 7. The largest absolute Gasteiger partial charge is 0.496 e. The molecule has 1 heterocycles.